The Morgan fingerprint density at radius 3 is 2.25 bits per heavy atom. The molecular weight excluding hydrogens is 258 g/mol. The lowest BCUT2D eigenvalue weighted by Crippen LogP contribution is -2.54. The minimum Gasteiger partial charge on any atom is -0.481 e. The molecule has 5 nitrogen and oxygen atoms in total. The van der Waals surface area contributed by atoms with Gasteiger partial charge in [0, 0.05) is 19.1 Å². The van der Waals surface area contributed by atoms with Crippen molar-refractivity contribution in [1.82, 2.24) is 5.32 Å². The molecule has 0 unspecified atom stereocenters. The van der Waals surface area contributed by atoms with Crippen molar-refractivity contribution in [3.63, 3.8) is 0 Å². The lowest BCUT2D eigenvalue weighted by atomic mass is 9.85. The van der Waals surface area contributed by atoms with E-state index in [1.807, 2.05) is 0 Å². The lowest BCUT2D eigenvalue weighted by Gasteiger charge is -2.37. The lowest BCUT2D eigenvalue weighted by molar-refractivity contribution is -0.141. The molecule has 1 fully saturated rings. The van der Waals surface area contributed by atoms with Gasteiger partial charge in [-0.2, -0.15) is 0 Å². The van der Waals surface area contributed by atoms with Crippen LogP contribution in [-0.2, 0) is 14.3 Å². The Hall–Kier alpha value is -1.62. The zero-order valence-electron chi connectivity index (χ0n) is 11.8. The summed E-state index contributed by atoms with van der Waals surface area (Å²) >= 11 is 0. The SMILES string of the molecule is C=CCC(CC=C)C(=O)NC1(CC(=O)O)CCOCC1. The first-order valence-corrected chi connectivity index (χ1v) is 6.86. The van der Waals surface area contributed by atoms with Gasteiger partial charge in [0.05, 0.1) is 12.0 Å². The summed E-state index contributed by atoms with van der Waals surface area (Å²) in [6.07, 6.45) is 5.48. The van der Waals surface area contributed by atoms with Crippen LogP contribution >= 0.6 is 0 Å². The number of amides is 1. The molecule has 1 rings (SSSR count). The molecule has 0 bridgehead atoms. The Kier molecular flexibility index (Phi) is 6.45. The van der Waals surface area contributed by atoms with E-state index in [0.717, 1.165) is 0 Å². The number of carbonyl (C=O) groups is 2. The number of allylic oxidation sites excluding steroid dienone is 2. The Morgan fingerprint density at radius 2 is 1.80 bits per heavy atom. The number of carboxylic acids is 1. The van der Waals surface area contributed by atoms with E-state index in [9.17, 15) is 9.59 Å². The van der Waals surface area contributed by atoms with Crippen molar-refractivity contribution >= 4 is 11.9 Å². The van der Waals surface area contributed by atoms with Crippen LogP contribution in [0.3, 0.4) is 0 Å². The number of rotatable bonds is 8. The summed E-state index contributed by atoms with van der Waals surface area (Å²) in [7, 11) is 0. The fourth-order valence-electron chi connectivity index (χ4n) is 2.47. The van der Waals surface area contributed by atoms with Crippen molar-refractivity contribution in [3.05, 3.63) is 25.3 Å². The monoisotopic (exact) mass is 281 g/mol. The van der Waals surface area contributed by atoms with E-state index >= 15 is 0 Å². The molecule has 2 N–H and O–H groups in total. The summed E-state index contributed by atoms with van der Waals surface area (Å²) in [6, 6.07) is 0. The Labute approximate surface area is 119 Å². The van der Waals surface area contributed by atoms with Crippen LogP contribution in [0.4, 0.5) is 0 Å². The summed E-state index contributed by atoms with van der Waals surface area (Å²) in [5.74, 6) is -1.28. The van der Waals surface area contributed by atoms with Crippen molar-refractivity contribution in [2.24, 2.45) is 5.92 Å². The third-order valence-corrected chi connectivity index (χ3v) is 3.60. The van der Waals surface area contributed by atoms with E-state index < -0.39 is 11.5 Å². The molecule has 0 aromatic rings. The summed E-state index contributed by atoms with van der Waals surface area (Å²) < 4.78 is 5.27. The third kappa shape index (κ3) is 4.81. The van der Waals surface area contributed by atoms with E-state index in [1.165, 1.54) is 0 Å². The number of hydrogen-bond donors (Lipinski definition) is 2. The molecule has 0 aromatic heterocycles. The van der Waals surface area contributed by atoms with Crippen LogP contribution in [0.5, 0.6) is 0 Å². The number of nitrogens with one attached hydrogen (secondary N) is 1. The predicted molar refractivity (Wildman–Crippen MR) is 76.3 cm³/mol. The zero-order valence-corrected chi connectivity index (χ0v) is 11.8. The molecule has 5 heteroatoms. The molecule has 112 valence electrons. The van der Waals surface area contributed by atoms with Crippen molar-refractivity contribution in [2.75, 3.05) is 13.2 Å². The molecule has 0 aliphatic carbocycles. The molecule has 1 heterocycles. The van der Waals surface area contributed by atoms with Gasteiger partial charge in [0.2, 0.25) is 5.91 Å². The first-order valence-electron chi connectivity index (χ1n) is 6.86. The summed E-state index contributed by atoms with van der Waals surface area (Å²) in [6.45, 7) is 8.25. The van der Waals surface area contributed by atoms with E-state index in [4.69, 9.17) is 9.84 Å². The second kappa shape index (κ2) is 7.85. The van der Waals surface area contributed by atoms with Gasteiger partial charge in [0.1, 0.15) is 0 Å². The normalized spacial score (nSPS) is 17.4. The minimum absolute atomic E-state index is 0.0724. The highest BCUT2D eigenvalue weighted by molar-refractivity contribution is 5.81. The Balaban J connectivity index is 2.76. The molecule has 1 amide bonds. The molecule has 0 aromatic carbocycles. The second-order valence-electron chi connectivity index (χ2n) is 5.20. The minimum atomic E-state index is -0.906. The first kappa shape index (κ1) is 16.4. The van der Waals surface area contributed by atoms with Crippen molar-refractivity contribution in [2.45, 2.75) is 37.6 Å². The van der Waals surface area contributed by atoms with Gasteiger partial charge in [-0.15, -0.1) is 13.2 Å². The van der Waals surface area contributed by atoms with E-state index in [0.29, 0.717) is 38.9 Å². The Bertz CT molecular complexity index is 362. The van der Waals surface area contributed by atoms with Gasteiger partial charge >= 0.3 is 5.97 Å². The average molecular weight is 281 g/mol. The Morgan fingerprint density at radius 1 is 1.25 bits per heavy atom. The maximum atomic E-state index is 12.3. The van der Waals surface area contributed by atoms with Crippen LogP contribution in [0.1, 0.15) is 32.1 Å². The fourth-order valence-corrected chi connectivity index (χ4v) is 2.47. The van der Waals surface area contributed by atoms with Gasteiger partial charge in [0.25, 0.3) is 0 Å². The van der Waals surface area contributed by atoms with Crippen LogP contribution in [0.2, 0.25) is 0 Å². The molecule has 20 heavy (non-hydrogen) atoms. The zero-order chi connectivity index (χ0) is 15.0. The number of ether oxygens (including phenoxy) is 1. The molecule has 1 aliphatic rings. The van der Waals surface area contributed by atoms with Gasteiger partial charge in [-0.3, -0.25) is 9.59 Å². The largest absolute Gasteiger partial charge is 0.481 e. The summed E-state index contributed by atoms with van der Waals surface area (Å²) in [5.41, 5.74) is -0.693. The van der Waals surface area contributed by atoms with Crippen LogP contribution in [0.25, 0.3) is 0 Å². The van der Waals surface area contributed by atoms with Crippen molar-refractivity contribution in [1.29, 1.82) is 0 Å². The van der Waals surface area contributed by atoms with Gasteiger partial charge < -0.3 is 15.2 Å². The molecule has 0 spiro atoms. The molecular formula is C15H23NO4. The average Bonchev–Trinajstić information content (AvgIpc) is 2.38. The predicted octanol–water partition coefficient (Wildman–Crippen LogP) is 1.89. The van der Waals surface area contributed by atoms with Crippen LogP contribution in [0, 0.1) is 5.92 Å². The van der Waals surface area contributed by atoms with Gasteiger partial charge in [0.15, 0.2) is 0 Å². The maximum absolute atomic E-state index is 12.3. The second-order valence-corrected chi connectivity index (χ2v) is 5.20. The van der Waals surface area contributed by atoms with Crippen LogP contribution < -0.4 is 5.32 Å². The number of carbonyl (C=O) groups excluding carboxylic acids is 1. The van der Waals surface area contributed by atoms with Crippen molar-refractivity contribution < 1.29 is 19.4 Å². The highest BCUT2D eigenvalue weighted by Crippen LogP contribution is 2.26. The van der Waals surface area contributed by atoms with Gasteiger partial charge in [-0.1, -0.05) is 12.2 Å². The van der Waals surface area contributed by atoms with E-state index in [2.05, 4.69) is 18.5 Å². The summed E-state index contributed by atoms with van der Waals surface area (Å²) in [5, 5.41) is 12.0. The quantitative estimate of drug-likeness (QED) is 0.666. The van der Waals surface area contributed by atoms with Crippen molar-refractivity contribution in [3.8, 4) is 0 Å². The van der Waals surface area contributed by atoms with Gasteiger partial charge in [-0.25, -0.2) is 0 Å². The molecule has 0 atom stereocenters. The third-order valence-electron chi connectivity index (χ3n) is 3.60. The molecule has 1 saturated heterocycles. The fraction of sp³-hybridized carbons (Fsp3) is 0.600. The number of hydrogen-bond acceptors (Lipinski definition) is 3. The van der Waals surface area contributed by atoms with Gasteiger partial charge in [-0.05, 0) is 25.7 Å². The first-order chi connectivity index (χ1) is 9.53. The number of carboxylic acid groups (broad SMARTS) is 1. The maximum Gasteiger partial charge on any atom is 0.305 e. The molecule has 0 saturated carbocycles. The summed E-state index contributed by atoms with van der Waals surface area (Å²) in [4.78, 5) is 23.4. The van der Waals surface area contributed by atoms with Crippen LogP contribution in [-0.4, -0.2) is 35.7 Å². The molecule has 0 radical (unpaired) electrons. The number of aliphatic carboxylic acids is 1. The van der Waals surface area contributed by atoms with E-state index in [-0.39, 0.29) is 18.2 Å². The molecule has 1 aliphatic heterocycles. The van der Waals surface area contributed by atoms with E-state index in [1.54, 1.807) is 12.2 Å². The highest BCUT2D eigenvalue weighted by atomic mass is 16.5. The highest BCUT2D eigenvalue weighted by Gasteiger charge is 2.37. The standard InChI is InChI=1S/C15H23NO4/c1-3-5-12(6-4-2)14(19)16-15(11-13(17)18)7-9-20-10-8-15/h3-4,12H,1-2,5-11H2,(H,16,19)(H,17,18). The smallest absolute Gasteiger partial charge is 0.305 e. The topological polar surface area (TPSA) is 75.6 Å². The van der Waals surface area contributed by atoms with Crippen LogP contribution in [0.15, 0.2) is 25.3 Å².